The van der Waals surface area contributed by atoms with E-state index in [0.29, 0.717) is 0 Å². The topological polar surface area (TPSA) is 42.4 Å². The van der Waals surface area contributed by atoms with Gasteiger partial charge in [-0.05, 0) is 39.3 Å². The normalized spacial score (nSPS) is 15.4. The summed E-state index contributed by atoms with van der Waals surface area (Å²) >= 11 is 1.85. The Morgan fingerprint density at radius 2 is 2.19 bits per heavy atom. The summed E-state index contributed by atoms with van der Waals surface area (Å²) in [5.41, 5.74) is 6.04. The summed E-state index contributed by atoms with van der Waals surface area (Å²) in [4.78, 5) is 2.26. The highest BCUT2D eigenvalue weighted by atomic mass is 32.2. The zero-order chi connectivity index (χ0) is 12.1. The Labute approximate surface area is 102 Å². The maximum atomic E-state index is 6.04. The third-order valence-electron chi connectivity index (χ3n) is 2.67. The summed E-state index contributed by atoms with van der Waals surface area (Å²) in [5, 5.41) is 0. The molecule has 0 radical (unpaired) electrons. The Morgan fingerprint density at radius 3 is 2.62 bits per heavy atom. The Bertz CT molecular complexity index is 312. The molecule has 0 aromatic carbocycles. The van der Waals surface area contributed by atoms with Crippen LogP contribution >= 0.6 is 11.8 Å². The number of likely N-dealkylation sites (N-methyl/N-ethyl adjacent to an activating group) is 1. The molecule has 0 saturated heterocycles. The van der Waals surface area contributed by atoms with Crippen molar-refractivity contribution >= 4 is 11.8 Å². The van der Waals surface area contributed by atoms with Crippen molar-refractivity contribution in [3.05, 3.63) is 23.7 Å². The van der Waals surface area contributed by atoms with Crippen molar-refractivity contribution in [1.82, 2.24) is 4.90 Å². The smallest absolute Gasteiger partial charge is 0.122 e. The number of nitrogens with zero attached hydrogens (tertiary/aromatic N) is 1. The second-order valence-corrected chi connectivity index (χ2v) is 5.21. The molecule has 1 rings (SSSR count). The summed E-state index contributed by atoms with van der Waals surface area (Å²) < 4.78 is 5.68. The second kappa shape index (κ2) is 6.33. The van der Waals surface area contributed by atoms with Crippen molar-refractivity contribution in [1.29, 1.82) is 0 Å². The Morgan fingerprint density at radius 1 is 1.50 bits per heavy atom. The summed E-state index contributed by atoms with van der Waals surface area (Å²) in [6, 6.07) is 4.25. The van der Waals surface area contributed by atoms with Gasteiger partial charge in [0.15, 0.2) is 0 Å². The van der Waals surface area contributed by atoms with Crippen molar-refractivity contribution in [3.63, 3.8) is 0 Å². The van der Waals surface area contributed by atoms with E-state index in [4.69, 9.17) is 10.2 Å². The standard InChI is InChI=1S/C12H22N2OS/c1-9-5-6-11(15-9)12(10(2)13)14(3)7-8-16-4/h5-6,10,12H,7-8,13H2,1-4H3. The minimum atomic E-state index is 0.0670. The van der Waals surface area contributed by atoms with Crippen LogP contribution in [-0.4, -0.2) is 36.5 Å². The van der Waals surface area contributed by atoms with Crippen molar-refractivity contribution in [3.8, 4) is 0 Å². The van der Waals surface area contributed by atoms with Crippen LogP contribution in [0.3, 0.4) is 0 Å². The fraction of sp³-hybridized carbons (Fsp3) is 0.667. The summed E-state index contributed by atoms with van der Waals surface area (Å²) in [7, 11) is 2.10. The molecule has 0 amide bonds. The summed E-state index contributed by atoms with van der Waals surface area (Å²) in [5.74, 6) is 3.02. The van der Waals surface area contributed by atoms with Gasteiger partial charge in [0.2, 0.25) is 0 Å². The first-order valence-electron chi connectivity index (χ1n) is 5.57. The van der Waals surface area contributed by atoms with Gasteiger partial charge in [-0.25, -0.2) is 0 Å². The lowest BCUT2D eigenvalue weighted by Crippen LogP contribution is -2.38. The van der Waals surface area contributed by atoms with Crippen molar-refractivity contribution in [2.24, 2.45) is 5.73 Å². The summed E-state index contributed by atoms with van der Waals surface area (Å²) in [6.45, 7) is 5.01. The highest BCUT2D eigenvalue weighted by Crippen LogP contribution is 2.24. The number of aryl methyl sites for hydroxylation is 1. The monoisotopic (exact) mass is 242 g/mol. The van der Waals surface area contributed by atoms with Crippen molar-refractivity contribution in [2.75, 3.05) is 25.6 Å². The third-order valence-corrected chi connectivity index (χ3v) is 3.26. The molecule has 0 fully saturated rings. The van der Waals surface area contributed by atoms with Crippen molar-refractivity contribution < 1.29 is 4.42 Å². The molecule has 2 atom stereocenters. The number of furan rings is 1. The first-order chi connectivity index (χ1) is 7.56. The first-order valence-corrected chi connectivity index (χ1v) is 6.96. The van der Waals surface area contributed by atoms with E-state index >= 15 is 0 Å². The highest BCUT2D eigenvalue weighted by molar-refractivity contribution is 7.98. The van der Waals surface area contributed by atoms with Crippen LogP contribution < -0.4 is 5.73 Å². The predicted octanol–water partition coefficient (Wildman–Crippen LogP) is 2.27. The predicted molar refractivity (Wildman–Crippen MR) is 70.8 cm³/mol. The minimum absolute atomic E-state index is 0.0670. The van der Waals surface area contributed by atoms with E-state index in [2.05, 4.69) is 18.2 Å². The van der Waals surface area contributed by atoms with Crippen LogP contribution in [0.5, 0.6) is 0 Å². The number of nitrogens with two attached hydrogens (primary N) is 1. The van der Waals surface area contributed by atoms with Gasteiger partial charge in [-0.1, -0.05) is 0 Å². The fourth-order valence-electron chi connectivity index (χ4n) is 1.86. The molecule has 1 aromatic heterocycles. The molecule has 2 N–H and O–H groups in total. The molecule has 0 bridgehead atoms. The molecule has 0 saturated carbocycles. The lowest BCUT2D eigenvalue weighted by Gasteiger charge is -2.29. The quantitative estimate of drug-likeness (QED) is 0.831. The average Bonchev–Trinajstić information content (AvgIpc) is 2.61. The summed E-state index contributed by atoms with van der Waals surface area (Å²) in [6.07, 6.45) is 2.12. The van der Waals surface area contributed by atoms with Gasteiger partial charge in [0.05, 0.1) is 6.04 Å². The van der Waals surface area contributed by atoms with Crippen LogP contribution in [0.25, 0.3) is 0 Å². The molecule has 0 aliphatic carbocycles. The lowest BCUT2D eigenvalue weighted by molar-refractivity contribution is 0.200. The fourth-order valence-corrected chi connectivity index (χ4v) is 2.34. The molecule has 1 heterocycles. The van der Waals surface area contributed by atoms with Crippen LogP contribution in [0.4, 0.5) is 0 Å². The Kier molecular flexibility index (Phi) is 5.38. The number of hydrogen-bond donors (Lipinski definition) is 1. The maximum Gasteiger partial charge on any atom is 0.122 e. The Hall–Kier alpha value is -0.450. The number of hydrogen-bond acceptors (Lipinski definition) is 4. The van der Waals surface area contributed by atoms with Gasteiger partial charge in [-0.15, -0.1) is 0 Å². The molecule has 0 aliphatic heterocycles. The SMILES string of the molecule is CSCCN(C)C(c1ccc(C)o1)C(C)N. The van der Waals surface area contributed by atoms with E-state index in [9.17, 15) is 0 Å². The molecule has 92 valence electrons. The van der Waals surface area contributed by atoms with Crippen LogP contribution in [0, 0.1) is 6.92 Å². The van der Waals surface area contributed by atoms with Gasteiger partial charge in [0, 0.05) is 18.3 Å². The van der Waals surface area contributed by atoms with E-state index in [-0.39, 0.29) is 12.1 Å². The molecule has 2 unspecified atom stereocenters. The maximum absolute atomic E-state index is 6.04. The van der Waals surface area contributed by atoms with Gasteiger partial charge < -0.3 is 10.2 Å². The van der Waals surface area contributed by atoms with Gasteiger partial charge >= 0.3 is 0 Å². The van der Waals surface area contributed by atoms with Gasteiger partial charge in [-0.2, -0.15) is 11.8 Å². The van der Waals surface area contributed by atoms with E-state index in [0.717, 1.165) is 23.8 Å². The first kappa shape index (κ1) is 13.6. The number of thioether (sulfide) groups is 1. The largest absolute Gasteiger partial charge is 0.465 e. The average molecular weight is 242 g/mol. The second-order valence-electron chi connectivity index (χ2n) is 4.23. The van der Waals surface area contributed by atoms with E-state index in [1.54, 1.807) is 0 Å². The zero-order valence-corrected chi connectivity index (χ0v) is 11.4. The van der Waals surface area contributed by atoms with Crippen LogP contribution in [0.1, 0.15) is 24.5 Å². The third kappa shape index (κ3) is 3.54. The van der Waals surface area contributed by atoms with Gasteiger partial charge in [0.1, 0.15) is 11.5 Å². The number of rotatable bonds is 6. The molecular weight excluding hydrogens is 220 g/mol. The molecular formula is C12H22N2OS. The highest BCUT2D eigenvalue weighted by Gasteiger charge is 2.23. The molecule has 0 aliphatic rings. The Balaban J connectivity index is 2.74. The zero-order valence-electron chi connectivity index (χ0n) is 10.6. The van der Waals surface area contributed by atoms with Crippen molar-refractivity contribution in [2.45, 2.75) is 25.9 Å². The van der Waals surface area contributed by atoms with E-state index < -0.39 is 0 Å². The lowest BCUT2D eigenvalue weighted by atomic mass is 10.1. The molecule has 1 aromatic rings. The minimum Gasteiger partial charge on any atom is -0.465 e. The van der Waals surface area contributed by atoms with E-state index in [1.807, 2.05) is 37.7 Å². The molecule has 4 heteroatoms. The van der Waals surface area contributed by atoms with Crippen LogP contribution in [0.2, 0.25) is 0 Å². The van der Waals surface area contributed by atoms with E-state index in [1.165, 1.54) is 0 Å². The van der Waals surface area contributed by atoms with Crippen LogP contribution in [-0.2, 0) is 0 Å². The molecule has 0 spiro atoms. The molecule has 3 nitrogen and oxygen atoms in total. The van der Waals surface area contributed by atoms with Gasteiger partial charge in [-0.3, -0.25) is 4.90 Å². The van der Waals surface area contributed by atoms with Crippen LogP contribution in [0.15, 0.2) is 16.5 Å². The molecule has 16 heavy (non-hydrogen) atoms. The van der Waals surface area contributed by atoms with Gasteiger partial charge in [0.25, 0.3) is 0 Å².